The van der Waals surface area contributed by atoms with Crippen LogP contribution in [-0.4, -0.2) is 60.2 Å². The molecule has 1 aromatic carbocycles. The van der Waals surface area contributed by atoms with Crippen molar-refractivity contribution in [2.45, 2.75) is 6.42 Å². The summed E-state index contributed by atoms with van der Waals surface area (Å²) < 4.78 is 26.3. The lowest BCUT2D eigenvalue weighted by Crippen LogP contribution is -2.51. The molecule has 1 aliphatic heterocycles. The van der Waals surface area contributed by atoms with Crippen LogP contribution in [0.4, 0.5) is 8.78 Å². The van der Waals surface area contributed by atoms with E-state index in [2.05, 4.69) is 5.32 Å². The zero-order valence-electron chi connectivity index (χ0n) is 15.0. The third-order valence-electron chi connectivity index (χ3n) is 4.46. The normalized spacial score (nSPS) is 14.1. The number of thiophene rings is 1. The van der Waals surface area contributed by atoms with E-state index in [9.17, 15) is 23.2 Å². The molecule has 28 heavy (non-hydrogen) atoms. The maximum absolute atomic E-state index is 13.3. The molecule has 3 amide bonds. The number of nitrogens with one attached hydrogen (secondary N) is 1. The van der Waals surface area contributed by atoms with Crippen LogP contribution in [0.25, 0.3) is 0 Å². The van der Waals surface area contributed by atoms with Crippen molar-refractivity contribution >= 4 is 29.1 Å². The van der Waals surface area contributed by atoms with Crippen LogP contribution in [0, 0.1) is 11.6 Å². The molecule has 9 heteroatoms. The number of carbonyl (C=O) groups excluding carboxylic acids is 3. The summed E-state index contributed by atoms with van der Waals surface area (Å²) in [6.07, 6.45) is 0.175. The molecule has 1 saturated heterocycles. The Kier molecular flexibility index (Phi) is 6.35. The van der Waals surface area contributed by atoms with Gasteiger partial charge >= 0.3 is 0 Å². The van der Waals surface area contributed by atoms with Crippen LogP contribution in [0.1, 0.15) is 26.5 Å². The number of amides is 3. The van der Waals surface area contributed by atoms with Crippen LogP contribution in [0.15, 0.2) is 35.7 Å². The summed E-state index contributed by atoms with van der Waals surface area (Å²) in [7, 11) is 0. The molecule has 0 aliphatic carbocycles. The molecule has 2 heterocycles. The minimum Gasteiger partial charge on any atom is -0.351 e. The first-order chi connectivity index (χ1) is 13.5. The quantitative estimate of drug-likeness (QED) is 0.826. The minimum absolute atomic E-state index is 0.0787. The molecular weight excluding hydrogens is 388 g/mol. The van der Waals surface area contributed by atoms with Crippen molar-refractivity contribution in [3.8, 4) is 0 Å². The molecule has 148 valence electrons. The second-order valence-electron chi connectivity index (χ2n) is 6.29. The standard InChI is InChI=1S/C19H19F2N3O3S/c20-14-4-3-13(12-15(14)21)19(27)24-9-7-23(8-10-24)17(25)5-6-22-18(26)16-2-1-11-28-16/h1-4,11-12H,5-10H2,(H,22,26). The summed E-state index contributed by atoms with van der Waals surface area (Å²) in [4.78, 5) is 40.2. The summed E-state index contributed by atoms with van der Waals surface area (Å²) in [5.74, 6) is -2.77. The summed E-state index contributed by atoms with van der Waals surface area (Å²) >= 11 is 1.33. The van der Waals surface area contributed by atoms with E-state index in [0.29, 0.717) is 31.1 Å². The van der Waals surface area contributed by atoms with Crippen molar-refractivity contribution in [2.75, 3.05) is 32.7 Å². The fraction of sp³-hybridized carbons (Fsp3) is 0.316. The van der Waals surface area contributed by atoms with Crippen molar-refractivity contribution in [3.63, 3.8) is 0 Å². The molecule has 0 atom stereocenters. The summed E-state index contributed by atoms with van der Waals surface area (Å²) in [6, 6.07) is 6.55. The van der Waals surface area contributed by atoms with Crippen molar-refractivity contribution in [1.82, 2.24) is 15.1 Å². The van der Waals surface area contributed by atoms with Gasteiger partial charge in [0.05, 0.1) is 4.88 Å². The van der Waals surface area contributed by atoms with E-state index in [1.165, 1.54) is 22.3 Å². The van der Waals surface area contributed by atoms with E-state index in [4.69, 9.17) is 0 Å². The monoisotopic (exact) mass is 407 g/mol. The molecule has 6 nitrogen and oxygen atoms in total. The molecular formula is C19H19F2N3O3S. The van der Waals surface area contributed by atoms with Gasteiger partial charge in [0.1, 0.15) is 0 Å². The highest BCUT2D eigenvalue weighted by Gasteiger charge is 2.25. The van der Waals surface area contributed by atoms with Gasteiger partial charge in [-0.2, -0.15) is 0 Å². The van der Waals surface area contributed by atoms with Gasteiger partial charge in [-0.15, -0.1) is 11.3 Å². The van der Waals surface area contributed by atoms with Crippen LogP contribution in [0.2, 0.25) is 0 Å². The molecule has 3 rings (SSSR count). The zero-order chi connectivity index (χ0) is 20.1. The molecule has 1 N–H and O–H groups in total. The average Bonchev–Trinajstić information content (AvgIpc) is 3.24. The van der Waals surface area contributed by atoms with E-state index in [1.807, 2.05) is 0 Å². The Morgan fingerprint density at radius 2 is 1.71 bits per heavy atom. The molecule has 0 saturated carbocycles. The Morgan fingerprint density at radius 3 is 2.36 bits per heavy atom. The number of rotatable bonds is 5. The fourth-order valence-corrected chi connectivity index (χ4v) is 3.55. The van der Waals surface area contributed by atoms with Gasteiger partial charge in [-0.25, -0.2) is 8.78 Å². The Labute approximate surface area is 164 Å². The zero-order valence-corrected chi connectivity index (χ0v) is 15.8. The molecule has 1 aromatic heterocycles. The molecule has 0 bridgehead atoms. The topological polar surface area (TPSA) is 69.7 Å². The predicted octanol–water partition coefficient (Wildman–Crippen LogP) is 2.13. The molecule has 2 aromatic rings. The largest absolute Gasteiger partial charge is 0.351 e. The number of piperazine rings is 1. The number of hydrogen-bond donors (Lipinski definition) is 1. The first kappa shape index (κ1) is 19.9. The first-order valence-corrected chi connectivity index (χ1v) is 9.67. The third-order valence-corrected chi connectivity index (χ3v) is 5.32. The highest BCUT2D eigenvalue weighted by molar-refractivity contribution is 7.12. The lowest BCUT2D eigenvalue weighted by molar-refractivity contribution is -0.132. The average molecular weight is 407 g/mol. The van der Waals surface area contributed by atoms with E-state index >= 15 is 0 Å². The maximum Gasteiger partial charge on any atom is 0.261 e. The fourth-order valence-electron chi connectivity index (χ4n) is 2.91. The van der Waals surface area contributed by atoms with Gasteiger partial charge in [-0.1, -0.05) is 6.07 Å². The van der Waals surface area contributed by atoms with Crippen LogP contribution >= 0.6 is 11.3 Å². The third kappa shape index (κ3) is 4.72. The van der Waals surface area contributed by atoms with Gasteiger partial charge in [-0.3, -0.25) is 14.4 Å². The number of hydrogen-bond acceptors (Lipinski definition) is 4. The number of benzene rings is 1. The highest BCUT2D eigenvalue weighted by atomic mass is 32.1. The smallest absolute Gasteiger partial charge is 0.261 e. The predicted molar refractivity (Wildman–Crippen MR) is 100 cm³/mol. The summed E-state index contributed by atoms with van der Waals surface area (Å²) in [6.45, 7) is 1.57. The van der Waals surface area contributed by atoms with E-state index in [1.54, 1.807) is 22.4 Å². The number of halogens is 2. The van der Waals surface area contributed by atoms with Gasteiger partial charge in [0, 0.05) is 44.7 Å². The van der Waals surface area contributed by atoms with E-state index < -0.39 is 17.5 Å². The molecule has 0 unspecified atom stereocenters. The number of carbonyl (C=O) groups is 3. The lowest BCUT2D eigenvalue weighted by Gasteiger charge is -2.35. The van der Waals surface area contributed by atoms with Gasteiger partial charge in [0.25, 0.3) is 11.8 Å². The summed E-state index contributed by atoms with van der Waals surface area (Å²) in [5.41, 5.74) is 0.0787. The van der Waals surface area contributed by atoms with Crippen molar-refractivity contribution < 1.29 is 23.2 Å². The van der Waals surface area contributed by atoms with Gasteiger partial charge in [0.2, 0.25) is 5.91 Å². The molecule has 1 fully saturated rings. The molecule has 0 spiro atoms. The minimum atomic E-state index is -1.07. The number of nitrogens with zero attached hydrogens (tertiary/aromatic N) is 2. The van der Waals surface area contributed by atoms with Crippen molar-refractivity contribution in [1.29, 1.82) is 0 Å². The maximum atomic E-state index is 13.3. The van der Waals surface area contributed by atoms with Crippen LogP contribution in [0.5, 0.6) is 0 Å². The van der Waals surface area contributed by atoms with Crippen LogP contribution < -0.4 is 5.32 Å². The molecule has 1 aliphatic rings. The highest BCUT2D eigenvalue weighted by Crippen LogP contribution is 2.13. The van der Waals surface area contributed by atoms with Crippen LogP contribution in [-0.2, 0) is 4.79 Å². The Bertz CT molecular complexity index is 865. The van der Waals surface area contributed by atoms with Gasteiger partial charge in [0.15, 0.2) is 11.6 Å². The Balaban J connectivity index is 1.44. The van der Waals surface area contributed by atoms with Crippen molar-refractivity contribution in [2.24, 2.45) is 0 Å². The van der Waals surface area contributed by atoms with E-state index in [-0.39, 0.29) is 30.3 Å². The van der Waals surface area contributed by atoms with Gasteiger partial charge < -0.3 is 15.1 Å². The second kappa shape index (κ2) is 8.92. The Morgan fingerprint density at radius 1 is 1.00 bits per heavy atom. The lowest BCUT2D eigenvalue weighted by atomic mass is 10.1. The SMILES string of the molecule is O=C(NCCC(=O)N1CCN(C(=O)c2ccc(F)c(F)c2)CC1)c1cccs1. The first-order valence-electron chi connectivity index (χ1n) is 8.79. The second-order valence-corrected chi connectivity index (χ2v) is 7.23. The molecule has 0 radical (unpaired) electrons. The van der Waals surface area contributed by atoms with Gasteiger partial charge in [-0.05, 0) is 29.6 Å². The van der Waals surface area contributed by atoms with Crippen LogP contribution in [0.3, 0.4) is 0 Å². The van der Waals surface area contributed by atoms with E-state index in [0.717, 1.165) is 12.1 Å². The van der Waals surface area contributed by atoms with Crippen molar-refractivity contribution in [3.05, 3.63) is 57.8 Å². The Hall–Kier alpha value is -2.81. The summed E-state index contributed by atoms with van der Waals surface area (Å²) in [5, 5.41) is 4.51.